The third-order valence-electron chi connectivity index (χ3n) is 3.65. The Balaban J connectivity index is 2.23. The number of para-hydroxylation sites is 1. The monoisotopic (exact) mass is 362 g/mol. The summed E-state index contributed by atoms with van der Waals surface area (Å²) in [6.07, 6.45) is 3.75. The fourth-order valence-corrected chi connectivity index (χ4v) is 2.72. The molecule has 0 aliphatic carbocycles. The molecule has 0 spiro atoms. The van der Waals surface area contributed by atoms with Crippen LogP contribution in [0.2, 0.25) is 0 Å². The molecule has 0 radical (unpaired) electrons. The lowest BCUT2D eigenvalue weighted by Gasteiger charge is -2.27. The third-order valence-corrected chi connectivity index (χ3v) is 3.87. The Kier molecular flexibility index (Phi) is 6.97. The van der Waals surface area contributed by atoms with Crippen LogP contribution in [0, 0.1) is 0 Å². The van der Waals surface area contributed by atoms with Gasteiger partial charge in [0.2, 0.25) is 0 Å². The summed E-state index contributed by atoms with van der Waals surface area (Å²) in [4.78, 5) is 12.4. The van der Waals surface area contributed by atoms with Gasteiger partial charge in [-0.3, -0.25) is 0 Å². The minimum atomic E-state index is -0.410. The van der Waals surface area contributed by atoms with E-state index in [2.05, 4.69) is 10.6 Å². The van der Waals surface area contributed by atoms with Gasteiger partial charge < -0.3 is 24.8 Å². The molecule has 1 heterocycles. The highest BCUT2D eigenvalue weighted by atomic mass is 32.1. The van der Waals surface area contributed by atoms with Crippen molar-refractivity contribution in [2.45, 2.75) is 13.0 Å². The van der Waals surface area contributed by atoms with E-state index in [9.17, 15) is 4.79 Å². The highest BCUT2D eigenvalue weighted by molar-refractivity contribution is 7.80. The van der Waals surface area contributed by atoms with Crippen molar-refractivity contribution < 1.29 is 19.0 Å². The maximum absolute atomic E-state index is 12.4. The molecule has 25 heavy (non-hydrogen) atoms. The van der Waals surface area contributed by atoms with E-state index in [-0.39, 0.29) is 6.61 Å². The quantitative estimate of drug-likeness (QED) is 0.437. The molecular formula is C18H22N2O4S. The first-order valence-corrected chi connectivity index (χ1v) is 8.23. The van der Waals surface area contributed by atoms with Crippen molar-refractivity contribution in [2.75, 3.05) is 27.4 Å². The molecule has 1 aromatic carbocycles. The molecule has 1 atom stereocenters. The summed E-state index contributed by atoms with van der Waals surface area (Å²) < 4.78 is 15.5. The SMILES string of the molecule is COCCOC(=O)C1=C(C)NC(=S)NC1/C=C/c1ccccc1OC. The molecule has 0 saturated heterocycles. The summed E-state index contributed by atoms with van der Waals surface area (Å²) in [5.41, 5.74) is 2.05. The average Bonchev–Trinajstić information content (AvgIpc) is 2.59. The predicted molar refractivity (Wildman–Crippen MR) is 100 cm³/mol. The Morgan fingerprint density at radius 2 is 2.04 bits per heavy atom. The van der Waals surface area contributed by atoms with E-state index in [1.54, 1.807) is 21.1 Å². The topological polar surface area (TPSA) is 68.8 Å². The molecule has 1 aromatic rings. The van der Waals surface area contributed by atoms with Crippen molar-refractivity contribution in [3.8, 4) is 5.75 Å². The van der Waals surface area contributed by atoms with E-state index in [0.717, 1.165) is 11.3 Å². The summed E-state index contributed by atoms with van der Waals surface area (Å²) in [5, 5.41) is 6.50. The molecule has 134 valence electrons. The van der Waals surface area contributed by atoms with Crippen molar-refractivity contribution in [3.05, 3.63) is 47.2 Å². The van der Waals surface area contributed by atoms with Gasteiger partial charge in [0.15, 0.2) is 5.11 Å². The van der Waals surface area contributed by atoms with Gasteiger partial charge >= 0.3 is 5.97 Å². The van der Waals surface area contributed by atoms with Crippen molar-refractivity contribution in [1.29, 1.82) is 0 Å². The Morgan fingerprint density at radius 1 is 1.28 bits per heavy atom. The summed E-state index contributed by atoms with van der Waals surface area (Å²) in [6, 6.07) is 7.23. The minimum Gasteiger partial charge on any atom is -0.496 e. The lowest BCUT2D eigenvalue weighted by Crippen LogP contribution is -2.49. The Morgan fingerprint density at radius 3 is 2.76 bits per heavy atom. The van der Waals surface area contributed by atoms with Crippen LogP contribution in [0.1, 0.15) is 12.5 Å². The van der Waals surface area contributed by atoms with Crippen LogP contribution in [0.4, 0.5) is 0 Å². The molecule has 0 fully saturated rings. The molecule has 6 nitrogen and oxygen atoms in total. The number of benzene rings is 1. The number of nitrogens with one attached hydrogen (secondary N) is 2. The van der Waals surface area contributed by atoms with Crippen LogP contribution in [0.15, 0.2) is 41.6 Å². The highest BCUT2D eigenvalue weighted by Gasteiger charge is 2.28. The first-order chi connectivity index (χ1) is 12.1. The maximum Gasteiger partial charge on any atom is 0.338 e. The molecule has 2 rings (SSSR count). The number of ether oxygens (including phenoxy) is 3. The number of thiocarbonyl (C=S) groups is 1. The molecule has 1 aliphatic heterocycles. The predicted octanol–water partition coefficient (Wildman–Crippen LogP) is 2.02. The van der Waals surface area contributed by atoms with E-state index in [1.165, 1.54) is 0 Å². The number of hydrogen-bond donors (Lipinski definition) is 2. The zero-order valence-electron chi connectivity index (χ0n) is 14.5. The number of esters is 1. The van der Waals surface area contributed by atoms with Crippen LogP contribution in [0.5, 0.6) is 5.75 Å². The van der Waals surface area contributed by atoms with Gasteiger partial charge in [-0.2, -0.15) is 0 Å². The van der Waals surface area contributed by atoms with Gasteiger partial charge in [0.05, 0.1) is 25.3 Å². The number of allylic oxidation sites excluding steroid dienone is 1. The van der Waals surface area contributed by atoms with Crippen LogP contribution in [-0.4, -0.2) is 44.6 Å². The van der Waals surface area contributed by atoms with Crippen molar-refractivity contribution in [3.63, 3.8) is 0 Å². The standard InChI is InChI=1S/C18H22N2O4S/c1-12-16(17(21)24-11-10-22-2)14(20-18(25)19-12)9-8-13-6-4-5-7-15(13)23-3/h4-9,14H,10-11H2,1-3H3,(H2,19,20,25)/b9-8+. The summed E-state index contributed by atoms with van der Waals surface area (Å²) in [6.45, 7) is 2.34. The molecule has 0 saturated carbocycles. The van der Waals surface area contributed by atoms with Crippen LogP contribution < -0.4 is 15.4 Å². The first kappa shape index (κ1) is 19.0. The molecular weight excluding hydrogens is 340 g/mol. The Hall–Kier alpha value is -2.38. The minimum absolute atomic E-state index is 0.194. The number of carbonyl (C=O) groups excluding carboxylic acids is 1. The normalized spacial score (nSPS) is 17.2. The average molecular weight is 362 g/mol. The zero-order chi connectivity index (χ0) is 18.2. The Bertz CT molecular complexity index is 700. The number of carbonyl (C=O) groups is 1. The van der Waals surface area contributed by atoms with Gasteiger partial charge in [-0.1, -0.05) is 30.4 Å². The van der Waals surface area contributed by atoms with Gasteiger partial charge in [0, 0.05) is 18.4 Å². The maximum atomic E-state index is 12.4. The Labute approximate surface area is 152 Å². The van der Waals surface area contributed by atoms with E-state index < -0.39 is 12.0 Å². The zero-order valence-corrected chi connectivity index (χ0v) is 15.3. The van der Waals surface area contributed by atoms with E-state index in [1.807, 2.05) is 36.4 Å². The molecule has 0 bridgehead atoms. The van der Waals surface area contributed by atoms with E-state index >= 15 is 0 Å². The third kappa shape index (κ3) is 5.04. The molecule has 7 heteroatoms. The highest BCUT2D eigenvalue weighted by Crippen LogP contribution is 2.21. The second-order valence-corrected chi connectivity index (χ2v) is 5.75. The van der Waals surface area contributed by atoms with Gasteiger partial charge in [0.25, 0.3) is 0 Å². The number of rotatable bonds is 7. The number of hydrogen-bond acceptors (Lipinski definition) is 5. The van der Waals surface area contributed by atoms with E-state index in [0.29, 0.717) is 23.0 Å². The number of methoxy groups -OCH3 is 2. The fourth-order valence-electron chi connectivity index (χ4n) is 2.44. The van der Waals surface area contributed by atoms with Crippen LogP contribution in [-0.2, 0) is 14.3 Å². The lowest BCUT2D eigenvalue weighted by molar-refractivity contribution is -0.140. The second kappa shape index (κ2) is 9.19. The second-order valence-electron chi connectivity index (χ2n) is 5.34. The fraction of sp³-hybridized carbons (Fsp3) is 0.333. The van der Waals surface area contributed by atoms with E-state index in [4.69, 9.17) is 26.4 Å². The summed E-state index contributed by atoms with van der Waals surface area (Å²) in [5.74, 6) is 0.340. The summed E-state index contributed by atoms with van der Waals surface area (Å²) >= 11 is 5.20. The van der Waals surface area contributed by atoms with Gasteiger partial charge in [0.1, 0.15) is 12.4 Å². The smallest absolute Gasteiger partial charge is 0.338 e. The van der Waals surface area contributed by atoms with Crippen molar-refractivity contribution in [2.24, 2.45) is 0 Å². The van der Waals surface area contributed by atoms with Crippen LogP contribution >= 0.6 is 12.2 Å². The molecule has 1 aliphatic rings. The summed E-state index contributed by atoms with van der Waals surface area (Å²) in [7, 11) is 3.17. The van der Waals surface area contributed by atoms with Gasteiger partial charge in [-0.05, 0) is 25.2 Å². The van der Waals surface area contributed by atoms with Crippen molar-refractivity contribution >= 4 is 29.4 Å². The van der Waals surface area contributed by atoms with Gasteiger partial charge in [-0.25, -0.2) is 4.79 Å². The van der Waals surface area contributed by atoms with Crippen molar-refractivity contribution in [1.82, 2.24) is 10.6 Å². The molecule has 2 N–H and O–H groups in total. The molecule has 0 amide bonds. The van der Waals surface area contributed by atoms with Gasteiger partial charge in [-0.15, -0.1) is 0 Å². The lowest BCUT2D eigenvalue weighted by atomic mass is 10.0. The largest absolute Gasteiger partial charge is 0.496 e. The molecule has 1 unspecified atom stereocenters. The molecule has 0 aromatic heterocycles. The van der Waals surface area contributed by atoms with Crippen LogP contribution in [0.3, 0.4) is 0 Å². The van der Waals surface area contributed by atoms with Crippen LogP contribution in [0.25, 0.3) is 6.08 Å². The first-order valence-electron chi connectivity index (χ1n) is 7.82.